The van der Waals surface area contributed by atoms with Crippen molar-refractivity contribution in [1.29, 1.82) is 0 Å². The Balaban J connectivity index is 2.34. The fourth-order valence-corrected chi connectivity index (χ4v) is 4.68. The lowest BCUT2D eigenvalue weighted by molar-refractivity contribution is -0.384. The van der Waals surface area contributed by atoms with Gasteiger partial charge in [-0.25, -0.2) is 8.42 Å². The van der Waals surface area contributed by atoms with E-state index >= 15 is 0 Å². The van der Waals surface area contributed by atoms with Crippen LogP contribution < -0.4 is 0 Å². The van der Waals surface area contributed by atoms with E-state index in [2.05, 4.69) is 0 Å². The molecule has 0 spiro atoms. The Bertz CT molecular complexity index is 763. The number of hydrogen-bond donors (Lipinski definition) is 0. The summed E-state index contributed by atoms with van der Waals surface area (Å²) in [6.07, 6.45) is 0.385. The molecule has 1 heterocycles. The third-order valence-corrected chi connectivity index (χ3v) is 5.93. The predicted molar refractivity (Wildman–Crippen MR) is 91.0 cm³/mol. The zero-order valence-corrected chi connectivity index (χ0v) is 15.0. The molecule has 0 saturated carbocycles. The summed E-state index contributed by atoms with van der Waals surface area (Å²) >= 11 is 5.78. The lowest BCUT2D eigenvalue weighted by Crippen LogP contribution is -2.43. The highest BCUT2D eigenvalue weighted by Crippen LogP contribution is 2.27. The van der Waals surface area contributed by atoms with E-state index in [1.54, 1.807) is 0 Å². The molecule has 7 nitrogen and oxygen atoms in total. The van der Waals surface area contributed by atoms with Crippen LogP contribution in [-0.4, -0.2) is 48.2 Å². The average Bonchev–Trinajstić information content (AvgIpc) is 2.84. The third kappa shape index (κ3) is 4.24. The van der Waals surface area contributed by atoms with Gasteiger partial charge in [-0.3, -0.25) is 14.9 Å². The topological polar surface area (TPSA) is 97.6 Å². The monoisotopic (exact) mass is 374 g/mol. The number of hydrogen-bond acceptors (Lipinski definition) is 5. The first-order valence-electron chi connectivity index (χ1n) is 7.56. The number of nitro groups is 1. The first-order chi connectivity index (χ1) is 11.1. The van der Waals surface area contributed by atoms with Crippen molar-refractivity contribution in [1.82, 2.24) is 4.90 Å². The van der Waals surface area contributed by atoms with Crippen LogP contribution in [0.15, 0.2) is 18.2 Å². The normalized spacial score (nSPS) is 19.4. The molecule has 0 aromatic heterocycles. The number of rotatable bonds is 5. The molecular formula is C15H19ClN2O5S. The van der Waals surface area contributed by atoms with Crippen LogP contribution >= 0.6 is 11.6 Å². The molecule has 1 aliphatic heterocycles. The molecule has 0 N–H and O–H groups in total. The number of nitrogens with zero attached hydrogens (tertiary/aromatic N) is 2. The molecule has 1 fully saturated rings. The van der Waals surface area contributed by atoms with Gasteiger partial charge in [0, 0.05) is 24.2 Å². The first-order valence-corrected chi connectivity index (χ1v) is 9.76. The van der Waals surface area contributed by atoms with Crippen molar-refractivity contribution in [2.75, 3.05) is 18.1 Å². The molecule has 0 unspecified atom stereocenters. The highest BCUT2D eigenvalue weighted by molar-refractivity contribution is 7.91. The van der Waals surface area contributed by atoms with Gasteiger partial charge in [-0.15, -0.1) is 0 Å². The molecule has 24 heavy (non-hydrogen) atoms. The van der Waals surface area contributed by atoms with Crippen LogP contribution in [0.1, 0.15) is 30.6 Å². The van der Waals surface area contributed by atoms with Crippen molar-refractivity contribution in [3.63, 3.8) is 0 Å². The van der Waals surface area contributed by atoms with Crippen molar-refractivity contribution in [3.05, 3.63) is 38.9 Å². The van der Waals surface area contributed by atoms with Gasteiger partial charge in [-0.05, 0) is 24.5 Å². The maximum atomic E-state index is 12.8. The van der Waals surface area contributed by atoms with Crippen LogP contribution in [0.5, 0.6) is 0 Å². The minimum absolute atomic E-state index is 0.0459. The Morgan fingerprint density at radius 1 is 1.46 bits per heavy atom. The van der Waals surface area contributed by atoms with Gasteiger partial charge in [-0.2, -0.15) is 0 Å². The van der Waals surface area contributed by atoms with Crippen LogP contribution in [0.3, 0.4) is 0 Å². The van der Waals surface area contributed by atoms with E-state index in [1.807, 2.05) is 13.8 Å². The SMILES string of the molecule is CC(C)CN(C(=O)c1ccc(Cl)c([N+](=O)[O-])c1)[C@@H]1CCS(=O)(=O)C1. The van der Waals surface area contributed by atoms with E-state index in [4.69, 9.17) is 11.6 Å². The molecular weight excluding hydrogens is 356 g/mol. The molecule has 132 valence electrons. The summed E-state index contributed by atoms with van der Waals surface area (Å²) in [7, 11) is -3.14. The fourth-order valence-electron chi connectivity index (χ4n) is 2.76. The number of sulfone groups is 1. The Kier molecular flexibility index (Phi) is 5.49. The zero-order chi connectivity index (χ0) is 18.1. The molecule has 2 rings (SSSR count). The predicted octanol–water partition coefficient (Wildman–Crippen LogP) is 2.53. The molecule has 1 aromatic carbocycles. The maximum absolute atomic E-state index is 12.8. The van der Waals surface area contributed by atoms with Gasteiger partial charge in [0.05, 0.1) is 16.4 Å². The van der Waals surface area contributed by atoms with Crippen LogP contribution in [0, 0.1) is 16.0 Å². The number of benzene rings is 1. The van der Waals surface area contributed by atoms with E-state index in [1.165, 1.54) is 17.0 Å². The smallest absolute Gasteiger partial charge is 0.288 e. The van der Waals surface area contributed by atoms with Gasteiger partial charge in [0.2, 0.25) is 0 Å². The quantitative estimate of drug-likeness (QED) is 0.582. The molecule has 0 radical (unpaired) electrons. The summed E-state index contributed by atoms with van der Waals surface area (Å²) in [5.41, 5.74) is -0.206. The molecule has 1 aliphatic rings. The van der Waals surface area contributed by atoms with Crippen LogP contribution in [0.25, 0.3) is 0 Å². The number of carbonyl (C=O) groups excluding carboxylic acids is 1. The largest absolute Gasteiger partial charge is 0.334 e. The molecule has 1 atom stereocenters. The number of amides is 1. The Morgan fingerprint density at radius 2 is 2.12 bits per heavy atom. The second-order valence-electron chi connectivity index (χ2n) is 6.33. The van der Waals surface area contributed by atoms with Gasteiger partial charge in [-0.1, -0.05) is 25.4 Å². The average molecular weight is 375 g/mol. The summed E-state index contributed by atoms with van der Waals surface area (Å²) in [5, 5.41) is 11.0. The van der Waals surface area contributed by atoms with E-state index in [0.717, 1.165) is 6.07 Å². The van der Waals surface area contributed by atoms with Crippen molar-refractivity contribution in [2.45, 2.75) is 26.3 Å². The summed E-state index contributed by atoms with van der Waals surface area (Å²) in [5.74, 6) is -0.285. The summed E-state index contributed by atoms with van der Waals surface area (Å²) in [4.78, 5) is 24.7. The van der Waals surface area contributed by atoms with Gasteiger partial charge >= 0.3 is 0 Å². The van der Waals surface area contributed by atoms with Gasteiger partial charge in [0.1, 0.15) is 5.02 Å². The Morgan fingerprint density at radius 3 is 2.62 bits per heavy atom. The minimum atomic E-state index is -3.14. The van der Waals surface area contributed by atoms with Crippen molar-refractivity contribution in [3.8, 4) is 0 Å². The van der Waals surface area contributed by atoms with Crippen LogP contribution in [0.4, 0.5) is 5.69 Å². The van der Waals surface area contributed by atoms with E-state index < -0.39 is 26.7 Å². The highest BCUT2D eigenvalue weighted by Gasteiger charge is 2.35. The van der Waals surface area contributed by atoms with E-state index in [9.17, 15) is 23.3 Å². The molecule has 1 amide bonds. The molecule has 9 heteroatoms. The Labute approximate surface area is 145 Å². The van der Waals surface area contributed by atoms with Crippen molar-refractivity contribution in [2.24, 2.45) is 5.92 Å². The van der Waals surface area contributed by atoms with Crippen LogP contribution in [-0.2, 0) is 9.84 Å². The van der Waals surface area contributed by atoms with Crippen molar-refractivity contribution >= 4 is 33.0 Å². The number of nitro benzene ring substituents is 1. The standard InChI is InChI=1S/C15H19ClN2O5S/c1-10(2)8-17(12-5-6-24(22,23)9-12)15(19)11-3-4-13(16)14(7-11)18(20)21/h3-4,7,10,12H,5-6,8-9H2,1-2H3/t12-/m1/s1. The first kappa shape index (κ1) is 18.7. The number of carbonyl (C=O) groups is 1. The second kappa shape index (κ2) is 7.06. The van der Waals surface area contributed by atoms with E-state index in [0.29, 0.717) is 13.0 Å². The fraction of sp³-hybridized carbons (Fsp3) is 0.533. The molecule has 1 aromatic rings. The lowest BCUT2D eigenvalue weighted by atomic mass is 10.1. The summed E-state index contributed by atoms with van der Waals surface area (Å²) < 4.78 is 23.5. The number of halogens is 1. The Hall–Kier alpha value is -1.67. The van der Waals surface area contributed by atoms with E-state index in [-0.39, 0.29) is 33.7 Å². The van der Waals surface area contributed by atoms with Gasteiger partial charge in [0.15, 0.2) is 9.84 Å². The second-order valence-corrected chi connectivity index (χ2v) is 8.97. The maximum Gasteiger partial charge on any atom is 0.288 e. The molecule has 0 aliphatic carbocycles. The van der Waals surface area contributed by atoms with Crippen LogP contribution in [0.2, 0.25) is 5.02 Å². The summed E-state index contributed by atoms with van der Waals surface area (Å²) in [6.45, 7) is 4.23. The summed E-state index contributed by atoms with van der Waals surface area (Å²) in [6, 6.07) is 3.47. The third-order valence-electron chi connectivity index (χ3n) is 3.86. The zero-order valence-electron chi connectivity index (χ0n) is 13.4. The lowest BCUT2D eigenvalue weighted by Gasteiger charge is -2.30. The minimum Gasteiger partial charge on any atom is -0.334 e. The van der Waals surface area contributed by atoms with Crippen molar-refractivity contribution < 1.29 is 18.1 Å². The highest BCUT2D eigenvalue weighted by atomic mass is 35.5. The van der Waals surface area contributed by atoms with Gasteiger partial charge < -0.3 is 4.90 Å². The molecule has 0 bridgehead atoms. The van der Waals surface area contributed by atoms with Gasteiger partial charge in [0.25, 0.3) is 11.6 Å². The molecule has 1 saturated heterocycles.